The van der Waals surface area contributed by atoms with Gasteiger partial charge in [0.25, 0.3) is 5.91 Å². The summed E-state index contributed by atoms with van der Waals surface area (Å²) >= 11 is 0. The van der Waals surface area contributed by atoms with Gasteiger partial charge in [-0.05, 0) is 42.5 Å². The summed E-state index contributed by atoms with van der Waals surface area (Å²) in [4.78, 5) is 16.6. The van der Waals surface area contributed by atoms with Crippen LogP contribution in [0.2, 0.25) is 0 Å². The lowest BCUT2D eigenvalue weighted by Crippen LogP contribution is -2.48. The third-order valence-electron chi connectivity index (χ3n) is 5.25. The van der Waals surface area contributed by atoms with Crippen molar-refractivity contribution >= 4 is 5.91 Å². The van der Waals surface area contributed by atoms with Crippen molar-refractivity contribution in [2.45, 2.75) is 6.54 Å². The highest BCUT2D eigenvalue weighted by atomic mass is 19.1. The monoisotopic (exact) mass is 412 g/mol. The first-order chi connectivity index (χ1) is 14.5. The van der Waals surface area contributed by atoms with Crippen molar-refractivity contribution in [1.29, 1.82) is 0 Å². The van der Waals surface area contributed by atoms with Gasteiger partial charge in [0, 0.05) is 38.3 Å². The van der Waals surface area contributed by atoms with Gasteiger partial charge in [-0.25, -0.2) is 8.78 Å². The van der Waals surface area contributed by atoms with Gasteiger partial charge in [-0.3, -0.25) is 9.69 Å². The largest absolute Gasteiger partial charge is 0.496 e. The van der Waals surface area contributed by atoms with Crippen LogP contribution in [0.5, 0.6) is 5.75 Å². The summed E-state index contributed by atoms with van der Waals surface area (Å²) in [5, 5.41) is 0. The lowest BCUT2D eigenvalue weighted by Gasteiger charge is -2.34. The highest BCUT2D eigenvalue weighted by Crippen LogP contribution is 2.26. The standard InChI is InChI=1S/C23H22F2N2O3/c1-29-20-7-6-17(24)14-16(20)15-26-10-12-27(13-11-26)23(28)22-9-8-21(30-22)18-4-2-3-5-19(18)25/h2-9,14H,10-13,15H2,1H3. The molecule has 0 N–H and O–H groups in total. The Hall–Kier alpha value is -3.19. The summed E-state index contributed by atoms with van der Waals surface area (Å²) in [5.41, 5.74) is 1.10. The average molecular weight is 412 g/mol. The van der Waals surface area contributed by atoms with Gasteiger partial charge in [-0.2, -0.15) is 0 Å². The van der Waals surface area contributed by atoms with E-state index < -0.39 is 5.82 Å². The highest BCUT2D eigenvalue weighted by Gasteiger charge is 2.25. The molecule has 1 aromatic heterocycles. The molecule has 0 aliphatic carbocycles. The molecule has 2 heterocycles. The van der Waals surface area contributed by atoms with Crippen LogP contribution in [-0.4, -0.2) is 49.0 Å². The minimum absolute atomic E-state index is 0.188. The summed E-state index contributed by atoms with van der Waals surface area (Å²) in [5.74, 6) is 0.240. The predicted molar refractivity (Wildman–Crippen MR) is 108 cm³/mol. The minimum Gasteiger partial charge on any atom is -0.496 e. The molecule has 4 rings (SSSR count). The number of rotatable bonds is 5. The van der Waals surface area contributed by atoms with Gasteiger partial charge in [-0.1, -0.05) is 12.1 Å². The van der Waals surface area contributed by atoms with Crippen LogP contribution in [0.25, 0.3) is 11.3 Å². The van der Waals surface area contributed by atoms with E-state index in [1.807, 2.05) is 0 Å². The Morgan fingerprint density at radius 3 is 2.53 bits per heavy atom. The summed E-state index contributed by atoms with van der Waals surface area (Å²) in [7, 11) is 1.56. The number of furan rings is 1. The van der Waals surface area contributed by atoms with Crippen molar-refractivity contribution in [2.24, 2.45) is 0 Å². The first-order valence-electron chi connectivity index (χ1n) is 9.74. The van der Waals surface area contributed by atoms with Crippen molar-refractivity contribution < 1.29 is 22.7 Å². The average Bonchev–Trinajstić information content (AvgIpc) is 3.24. The molecule has 3 aromatic rings. The molecule has 30 heavy (non-hydrogen) atoms. The van der Waals surface area contributed by atoms with E-state index in [0.717, 1.165) is 5.56 Å². The molecular formula is C23H22F2N2O3. The molecule has 5 nitrogen and oxygen atoms in total. The normalized spacial score (nSPS) is 14.7. The van der Waals surface area contributed by atoms with Crippen LogP contribution >= 0.6 is 0 Å². The van der Waals surface area contributed by atoms with Crippen molar-refractivity contribution in [3.8, 4) is 17.1 Å². The second kappa shape index (κ2) is 8.67. The number of ether oxygens (including phenoxy) is 1. The van der Waals surface area contributed by atoms with E-state index in [-0.39, 0.29) is 17.5 Å². The number of benzene rings is 2. The third kappa shape index (κ3) is 4.21. The Balaban J connectivity index is 1.38. The van der Waals surface area contributed by atoms with Crippen LogP contribution in [-0.2, 0) is 6.54 Å². The fraction of sp³-hybridized carbons (Fsp3) is 0.261. The number of hydrogen-bond donors (Lipinski definition) is 0. The van der Waals surface area contributed by atoms with Gasteiger partial charge in [0.15, 0.2) is 5.76 Å². The van der Waals surface area contributed by atoms with Gasteiger partial charge < -0.3 is 14.1 Å². The number of halogens is 2. The number of amides is 1. The molecule has 1 aliphatic rings. The Morgan fingerprint density at radius 2 is 1.80 bits per heavy atom. The SMILES string of the molecule is COc1ccc(F)cc1CN1CCN(C(=O)c2ccc(-c3ccccc3F)o2)CC1. The topological polar surface area (TPSA) is 45.9 Å². The van der Waals surface area contributed by atoms with Gasteiger partial charge in [-0.15, -0.1) is 0 Å². The lowest BCUT2D eigenvalue weighted by molar-refractivity contribution is 0.0597. The molecule has 156 valence electrons. The molecule has 0 saturated carbocycles. The summed E-state index contributed by atoms with van der Waals surface area (Å²) < 4.78 is 38.5. The second-order valence-electron chi connectivity index (χ2n) is 7.17. The quantitative estimate of drug-likeness (QED) is 0.631. The molecule has 0 atom stereocenters. The van der Waals surface area contributed by atoms with E-state index in [2.05, 4.69) is 4.90 Å². The van der Waals surface area contributed by atoms with E-state index >= 15 is 0 Å². The van der Waals surface area contributed by atoms with Gasteiger partial charge in [0.1, 0.15) is 23.1 Å². The molecule has 2 aromatic carbocycles. The Bertz CT molecular complexity index is 1040. The predicted octanol–water partition coefficient (Wildman–Crippen LogP) is 4.19. The first-order valence-corrected chi connectivity index (χ1v) is 9.74. The van der Waals surface area contributed by atoms with E-state index in [1.54, 1.807) is 48.4 Å². The van der Waals surface area contributed by atoms with Crippen molar-refractivity contribution in [3.05, 3.63) is 77.6 Å². The van der Waals surface area contributed by atoms with E-state index in [0.29, 0.717) is 49.8 Å². The Labute approximate surface area is 173 Å². The molecule has 0 unspecified atom stereocenters. The van der Waals surface area contributed by atoms with Gasteiger partial charge in [0.2, 0.25) is 0 Å². The smallest absolute Gasteiger partial charge is 0.289 e. The maximum Gasteiger partial charge on any atom is 0.289 e. The van der Waals surface area contributed by atoms with E-state index in [9.17, 15) is 13.6 Å². The molecule has 0 radical (unpaired) electrons. The molecule has 1 saturated heterocycles. The third-order valence-corrected chi connectivity index (χ3v) is 5.25. The maximum absolute atomic E-state index is 13.9. The first kappa shape index (κ1) is 20.1. The molecule has 7 heteroatoms. The zero-order chi connectivity index (χ0) is 21.1. The Morgan fingerprint density at radius 1 is 1.03 bits per heavy atom. The number of hydrogen-bond acceptors (Lipinski definition) is 4. The van der Waals surface area contributed by atoms with E-state index in [1.165, 1.54) is 18.2 Å². The molecular weight excluding hydrogens is 390 g/mol. The number of nitrogens with zero attached hydrogens (tertiary/aromatic N) is 2. The minimum atomic E-state index is -0.396. The number of methoxy groups -OCH3 is 1. The fourth-order valence-corrected chi connectivity index (χ4v) is 3.64. The zero-order valence-corrected chi connectivity index (χ0v) is 16.6. The molecule has 0 bridgehead atoms. The van der Waals surface area contributed by atoms with Crippen molar-refractivity contribution in [3.63, 3.8) is 0 Å². The molecule has 1 amide bonds. The summed E-state index contributed by atoms with van der Waals surface area (Å²) in [6.45, 7) is 2.87. The van der Waals surface area contributed by atoms with Crippen LogP contribution in [0, 0.1) is 11.6 Å². The molecule has 1 aliphatic heterocycles. The second-order valence-corrected chi connectivity index (χ2v) is 7.17. The van der Waals surface area contributed by atoms with Gasteiger partial charge >= 0.3 is 0 Å². The van der Waals surface area contributed by atoms with Gasteiger partial charge in [0.05, 0.1) is 12.7 Å². The van der Waals surface area contributed by atoms with Crippen molar-refractivity contribution in [1.82, 2.24) is 9.80 Å². The lowest BCUT2D eigenvalue weighted by atomic mass is 10.1. The van der Waals surface area contributed by atoms with Crippen LogP contribution in [0.1, 0.15) is 16.1 Å². The van der Waals surface area contributed by atoms with Crippen LogP contribution in [0.3, 0.4) is 0 Å². The van der Waals surface area contributed by atoms with Crippen LogP contribution < -0.4 is 4.74 Å². The van der Waals surface area contributed by atoms with Crippen molar-refractivity contribution in [2.75, 3.05) is 33.3 Å². The number of carbonyl (C=O) groups is 1. The highest BCUT2D eigenvalue weighted by molar-refractivity contribution is 5.92. The number of piperazine rings is 1. The fourth-order valence-electron chi connectivity index (χ4n) is 3.64. The maximum atomic E-state index is 13.9. The number of carbonyl (C=O) groups excluding carboxylic acids is 1. The zero-order valence-electron chi connectivity index (χ0n) is 16.6. The molecule has 1 fully saturated rings. The van der Waals surface area contributed by atoms with Crippen LogP contribution in [0.4, 0.5) is 8.78 Å². The Kier molecular flexibility index (Phi) is 5.81. The summed E-state index contributed by atoms with van der Waals surface area (Å²) in [6, 6.07) is 13.9. The van der Waals surface area contributed by atoms with E-state index in [4.69, 9.17) is 9.15 Å². The summed E-state index contributed by atoms with van der Waals surface area (Å²) in [6.07, 6.45) is 0. The van der Waals surface area contributed by atoms with Crippen LogP contribution in [0.15, 0.2) is 59.0 Å². The molecule has 0 spiro atoms.